The largest absolute Gasteiger partial charge is 0.504 e. The van der Waals surface area contributed by atoms with Gasteiger partial charge in [0.05, 0.1) is 13.2 Å². The summed E-state index contributed by atoms with van der Waals surface area (Å²) in [5, 5.41) is 19.0. The Labute approximate surface area is 113 Å². The van der Waals surface area contributed by atoms with Crippen LogP contribution in [0.25, 0.3) is 0 Å². The van der Waals surface area contributed by atoms with Crippen molar-refractivity contribution in [1.82, 2.24) is 9.80 Å². The van der Waals surface area contributed by atoms with Gasteiger partial charge >= 0.3 is 0 Å². The molecule has 0 radical (unpaired) electrons. The summed E-state index contributed by atoms with van der Waals surface area (Å²) in [5.41, 5.74) is 0.863. The second-order valence-electron chi connectivity index (χ2n) is 4.80. The first kappa shape index (κ1) is 13.7. The van der Waals surface area contributed by atoms with E-state index >= 15 is 0 Å². The minimum atomic E-state index is -0.289. The maximum Gasteiger partial charge on any atom is 0.160 e. The lowest BCUT2D eigenvalue weighted by molar-refractivity contribution is 0.132. The fourth-order valence-corrected chi connectivity index (χ4v) is 2.31. The summed E-state index contributed by atoms with van der Waals surface area (Å²) < 4.78 is 5.10. The summed E-state index contributed by atoms with van der Waals surface area (Å²) in [7, 11) is 3.60. The Hall–Kier alpha value is -1.77. The van der Waals surface area contributed by atoms with Gasteiger partial charge in [0.15, 0.2) is 11.5 Å². The van der Waals surface area contributed by atoms with E-state index in [0.29, 0.717) is 5.75 Å². The van der Waals surface area contributed by atoms with Crippen LogP contribution in [0.1, 0.15) is 11.6 Å². The molecule has 0 aliphatic carbocycles. The number of likely N-dealkylation sites (N-methyl/N-ethyl adjacent to an activating group) is 1. The maximum absolute atomic E-state index is 9.61. The van der Waals surface area contributed by atoms with E-state index in [4.69, 9.17) is 4.74 Å². The van der Waals surface area contributed by atoms with Crippen LogP contribution in [0.2, 0.25) is 0 Å². The van der Waals surface area contributed by atoms with E-state index in [0.717, 1.165) is 31.7 Å². The SMILES string of the molecule is COc1cc(C(C#N)N2CCN(C)CC2)ccc1O. The third-order valence-corrected chi connectivity index (χ3v) is 3.54. The molecule has 1 aliphatic heterocycles. The number of aromatic hydroxyl groups is 1. The van der Waals surface area contributed by atoms with E-state index in [1.165, 1.54) is 7.11 Å². The molecule has 1 fully saturated rings. The van der Waals surface area contributed by atoms with Gasteiger partial charge in [0, 0.05) is 26.2 Å². The van der Waals surface area contributed by atoms with Crippen LogP contribution in [0.15, 0.2) is 18.2 Å². The van der Waals surface area contributed by atoms with Crippen molar-refractivity contribution in [2.45, 2.75) is 6.04 Å². The minimum Gasteiger partial charge on any atom is -0.504 e. The van der Waals surface area contributed by atoms with Gasteiger partial charge in [-0.1, -0.05) is 6.07 Å². The van der Waals surface area contributed by atoms with Crippen LogP contribution >= 0.6 is 0 Å². The normalized spacial score (nSPS) is 18.8. The molecule has 1 N–H and O–H groups in total. The number of hydrogen-bond donors (Lipinski definition) is 1. The summed E-state index contributed by atoms with van der Waals surface area (Å²) in [5.74, 6) is 0.508. The molecule has 1 aromatic rings. The second kappa shape index (κ2) is 5.91. The molecule has 5 heteroatoms. The summed E-state index contributed by atoms with van der Waals surface area (Å²) >= 11 is 0. The Morgan fingerprint density at radius 2 is 2.00 bits per heavy atom. The van der Waals surface area contributed by atoms with Crippen LogP contribution in [0, 0.1) is 11.3 Å². The summed E-state index contributed by atoms with van der Waals surface area (Å²) in [6.45, 7) is 3.68. The van der Waals surface area contributed by atoms with Crippen molar-refractivity contribution in [2.75, 3.05) is 40.3 Å². The van der Waals surface area contributed by atoms with Gasteiger partial charge in [0.2, 0.25) is 0 Å². The molecule has 2 rings (SSSR count). The van der Waals surface area contributed by atoms with E-state index in [9.17, 15) is 10.4 Å². The van der Waals surface area contributed by atoms with Crippen molar-refractivity contribution in [1.29, 1.82) is 5.26 Å². The van der Waals surface area contributed by atoms with Gasteiger partial charge in [0.1, 0.15) is 6.04 Å². The molecule has 5 nitrogen and oxygen atoms in total. The number of benzene rings is 1. The average Bonchev–Trinajstić information content (AvgIpc) is 2.43. The average molecular weight is 261 g/mol. The lowest BCUT2D eigenvalue weighted by atomic mass is 10.0. The van der Waals surface area contributed by atoms with Crippen molar-refractivity contribution >= 4 is 0 Å². The number of rotatable bonds is 3. The van der Waals surface area contributed by atoms with Crippen LogP contribution in [0.4, 0.5) is 0 Å². The predicted octanol–water partition coefficient (Wildman–Crippen LogP) is 1.21. The highest BCUT2D eigenvalue weighted by molar-refractivity contribution is 5.43. The Morgan fingerprint density at radius 1 is 1.32 bits per heavy atom. The molecule has 0 aromatic heterocycles. The number of nitrogens with zero attached hydrogens (tertiary/aromatic N) is 3. The van der Waals surface area contributed by atoms with E-state index in [2.05, 4.69) is 22.9 Å². The number of phenolic OH excluding ortho intramolecular Hbond substituents is 1. The molecule has 1 aliphatic rings. The molecule has 1 unspecified atom stereocenters. The van der Waals surface area contributed by atoms with Crippen LogP contribution in [0.5, 0.6) is 11.5 Å². The van der Waals surface area contributed by atoms with E-state index in [1.807, 2.05) is 0 Å². The fourth-order valence-electron chi connectivity index (χ4n) is 2.31. The number of phenols is 1. The van der Waals surface area contributed by atoms with Crippen molar-refractivity contribution in [3.8, 4) is 17.6 Å². The minimum absolute atomic E-state index is 0.0984. The number of hydrogen-bond acceptors (Lipinski definition) is 5. The monoisotopic (exact) mass is 261 g/mol. The van der Waals surface area contributed by atoms with Crippen LogP contribution in [-0.2, 0) is 0 Å². The topological polar surface area (TPSA) is 59.7 Å². The van der Waals surface area contributed by atoms with Crippen molar-refractivity contribution in [3.05, 3.63) is 23.8 Å². The molecule has 1 saturated heterocycles. The third kappa shape index (κ3) is 2.98. The van der Waals surface area contributed by atoms with E-state index < -0.39 is 0 Å². The third-order valence-electron chi connectivity index (χ3n) is 3.54. The zero-order valence-corrected chi connectivity index (χ0v) is 11.3. The van der Waals surface area contributed by atoms with Gasteiger partial charge in [-0.2, -0.15) is 5.26 Å². The predicted molar refractivity (Wildman–Crippen MR) is 72.1 cm³/mol. The highest BCUT2D eigenvalue weighted by Gasteiger charge is 2.24. The Balaban J connectivity index is 2.20. The number of nitriles is 1. The summed E-state index contributed by atoms with van der Waals surface area (Å²) in [4.78, 5) is 4.41. The first-order valence-corrected chi connectivity index (χ1v) is 6.35. The number of methoxy groups -OCH3 is 1. The molecule has 1 atom stereocenters. The first-order valence-electron chi connectivity index (χ1n) is 6.35. The Bertz CT molecular complexity index is 476. The highest BCUT2D eigenvalue weighted by atomic mass is 16.5. The van der Waals surface area contributed by atoms with E-state index in [1.54, 1.807) is 18.2 Å². The molecule has 0 bridgehead atoms. The first-order chi connectivity index (χ1) is 9.15. The molecular weight excluding hydrogens is 242 g/mol. The summed E-state index contributed by atoms with van der Waals surface area (Å²) in [6, 6.07) is 7.15. The van der Waals surface area contributed by atoms with Gasteiger partial charge in [-0.25, -0.2) is 0 Å². The van der Waals surface area contributed by atoms with Gasteiger partial charge in [-0.05, 0) is 24.7 Å². The zero-order chi connectivity index (χ0) is 13.8. The molecule has 1 heterocycles. The summed E-state index contributed by atoms with van der Waals surface area (Å²) in [6.07, 6.45) is 0. The van der Waals surface area contributed by atoms with E-state index in [-0.39, 0.29) is 11.8 Å². The lowest BCUT2D eigenvalue weighted by Crippen LogP contribution is -2.45. The second-order valence-corrected chi connectivity index (χ2v) is 4.80. The van der Waals surface area contributed by atoms with Crippen LogP contribution in [0.3, 0.4) is 0 Å². The number of ether oxygens (including phenoxy) is 1. The smallest absolute Gasteiger partial charge is 0.160 e. The number of piperazine rings is 1. The standard InChI is InChI=1S/C14H19N3O2/c1-16-5-7-17(8-6-16)12(10-15)11-3-4-13(18)14(9-11)19-2/h3-4,9,12,18H,5-8H2,1-2H3. The molecular formula is C14H19N3O2. The molecule has 102 valence electrons. The van der Waals surface area contributed by atoms with Crippen molar-refractivity contribution < 1.29 is 9.84 Å². The van der Waals surface area contributed by atoms with Gasteiger partial charge in [0.25, 0.3) is 0 Å². The van der Waals surface area contributed by atoms with Crippen LogP contribution < -0.4 is 4.74 Å². The molecule has 0 saturated carbocycles. The Morgan fingerprint density at radius 3 is 2.58 bits per heavy atom. The van der Waals surface area contributed by atoms with Gasteiger partial charge in [-0.3, -0.25) is 4.90 Å². The Kier molecular flexibility index (Phi) is 4.25. The fraction of sp³-hybridized carbons (Fsp3) is 0.500. The molecule has 0 spiro atoms. The van der Waals surface area contributed by atoms with Crippen LogP contribution in [-0.4, -0.2) is 55.2 Å². The quantitative estimate of drug-likeness (QED) is 0.886. The van der Waals surface area contributed by atoms with Gasteiger partial charge in [-0.15, -0.1) is 0 Å². The molecule has 19 heavy (non-hydrogen) atoms. The van der Waals surface area contributed by atoms with Crippen molar-refractivity contribution in [2.24, 2.45) is 0 Å². The zero-order valence-electron chi connectivity index (χ0n) is 11.3. The molecule has 0 amide bonds. The molecule has 1 aromatic carbocycles. The lowest BCUT2D eigenvalue weighted by Gasteiger charge is -2.35. The van der Waals surface area contributed by atoms with Crippen molar-refractivity contribution in [3.63, 3.8) is 0 Å². The maximum atomic E-state index is 9.61. The van der Waals surface area contributed by atoms with Gasteiger partial charge < -0.3 is 14.7 Å². The highest BCUT2D eigenvalue weighted by Crippen LogP contribution is 2.31.